The average Bonchev–Trinajstić information content (AvgIpc) is 3.04. The lowest BCUT2D eigenvalue weighted by Gasteiger charge is -2.25. The number of carbonyl (C=O) groups is 1. The molecule has 2 heterocycles. The summed E-state index contributed by atoms with van der Waals surface area (Å²) in [5.74, 6) is -1.34. The highest BCUT2D eigenvalue weighted by Crippen LogP contribution is 2.33. The van der Waals surface area contributed by atoms with E-state index in [1.807, 2.05) is 0 Å². The van der Waals surface area contributed by atoms with Crippen LogP contribution in [0.4, 0.5) is 13.6 Å². The van der Waals surface area contributed by atoms with Gasteiger partial charge in [-0.2, -0.15) is 0 Å². The third kappa shape index (κ3) is 3.75. The highest BCUT2D eigenvalue weighted by atomic mass is 19.2. The molecule has 1 fully saturated rings. The molecule has 0 saturated carbocycles. The number of amides is 2. The van der Waals surface area contributed by atoms with Crippen LogP contribution < -0.4 is 10.1 Å². The second-order valence-corrected chi connectivity index (χ2v) is 6.08. The van der Waals surface area contributed by atoms with Crippen LogP contribution in [0.3, 0.4) is 0 Å². The molecule has 1 aromatic carbocycles. The van der Waals surface area contributed by atoms with E-state index in [1.54, 1.807) is 18.5 Å². The zero-order valence-corrected chi connectivity index (χ0v) is 14.2. The van der Waals surface area contributed by atoms with Gasteiger partial charge in [0.05, 0.1) is 19.3 Å². The van der Waals surface area contributed by atoms with Gasteiger partial charge in [0.25, 0.3) is 0 Å². The molecular weight excluding hydrogens is 344 g/mol. The Balaban J connectivity index is 1.73. The Hall–Kier alpha value is -2.74. The molecule has 2 N–H and O–H groups in total. The number of benzene rings is 1. The summed E-state index contributed by atoms with van der Waals surface area (Å²) in [6, 6.07) is 4.24. The first-order chi connectivity index (χ1) is 12.5. The van der Waals surface area contributed by atoms with Crippen LogP contribution in [-0.2, 0) is 6.54 Å². The summed E-state index contributed by atoms with van der Waals surface area (Å²) in [4.78, 5) is 18.0. The van der Waals surface area contributed by atoms with Gasteiger partial charge in [-0.1, -0.05) is 6.07 Å². The van der Waals surface area contributed by atoms with Gasteiger partial charge in [-0.05, 0) is 30.2 Å². The van der Waals surface area contributed by atoms with Crippen molar-refractivity contribution in [2.24, 2.45) is 0 Å². The average molecular weight is 363 g/mol. The number of β-amino-alcohol motifs (C(OH)–C–C–N with tert-alkyl or cyclic N) is 1. The number of hydrogen-bond acceptors (Lipinski definition) is 4. The fraction of sp³-hybridized carbons (Fsp3) is 0.333. The monoisotopic (exact) mass is 363 g/mol. The smallest absolute Gasteiger partial charge is 0.318 e. The third-order valence-corrected chi connectivity index (χ3v) is 4.38. The van der Waals surface area contributed by atoms with Crippen LogP contribution in [-0.4, -0.2) is 40.8 Å². The molecule has 2 aromatic rings. The van der Waals surface area contributed by atoms with Gasteiger partial charge in [0.15, 0.2) is 11.6 Å². The maximum absolute atomic E-state index is 13.5. The molecule has 0 aliphatic carbocycles. The highest BCUT2D eigenvalue weighted by molar-refractivity contribution is 5.75. The van der Waals surface area contributed by atoms with Crippen molar-refractivity contribution in [2.75, 3.05) is 13.7 Å². The minimum atomic E-state index is -0.982. The lowest BCUT2D eigenvalue weighted by Crippen LogP contribution is -2.40. The van der Waals surface area contributed by atoms with Gasteiger partial charge in [-0.15, -0.1) is 0 Å². The molecule has 8 heteroatoms. The van der Waals surface area contributed by atoms with Crippen LogP contribution in [0, 0.1) is 11.6 Å². The molecule has 6 nitrogen and oxygen atoms in total. The van der Waals surface area contributed by atoms with E-state index >= 15 is 0 Å². The van der Waals surface area contributed by atoms with Crippen molar-refractivity contribution in [3.8, 4) is 5.75 Å². The van der Waals surface area contributed by atoms with Gasteiger partial charge in [-0.25, -0.2) is 13.6 Å². The fourth-order valence-electron chi connectivity index (χ4n) is 3.09. The van der Waals surface area contributed by atoms with E-state index in [9.17, 15) is 18.7 Å². The Morgan fingerprint density at radius 1 is 1.38 bits per heavy atom. The van der Waals surface area contributed by atoms with Gasteiger partial charge in [0, 0.05) is 31.0 Å². The molecule has 2 unspecified atom stereocenters. The van der Waals surface area contributed by atoms with Crippen molar-refractivity contribution >= 4 is 6.03 Å². The zero-order chi connectivity index (χ0) is 18.7. The number of aromatic nitrogens is 1. The molecule has 1 aliphatic heterocycles. The maximum atomic E-state index is 13.5. The van der Waals surface area contributed by atoms with Crippen LogP contribution in [0.25, 0.3) is 0 Å². The Labute approximate surface area is 149 Å². The van der Waals surface area contributed by atoms with E-state index in [4.69, 9.17) is 4.74 Å². The first kappa shape index (κ1) is 18.1. The molecule has 138 valence electrons. The number of methoxy groups -OCH3 is 1. The molecular formula is C18H19F2N3O3. The number of aliphatic hydroxyl groups is 1. The van der Waals surface area contributed by atoms with Crippen LogP contribution >= 0.6 is 0 Å². The van der Waals surface area contributed by atoms with E-state index in [0.717, 1.165) is 12.1 Å². The van der Waals surface area contributed by atoms with Gasteiger partial charge >= 0.3 is 6.03 Å². The van der Waals surface area contributed by atoms with E-state index in [-0.39, 0.29) is 19.5 Å². The van der Waals surface area contributed by atoms with Crippen LogP contribution in [0.15, 0.2) is 36.7 Å². The third-order valence-electron chi connectivity index (χ3n) is 4.38. The number of aliphatic hydroxyl groups excluding tert-OH is 1. The largest absolute Gasteiger partial charge is 0.496 e. The van der Waals surface area contributed by atoms with Gasteiger partial charge in [-0.3, -0.25) is 4.98 Å². The molecule has 26 heavy (non-hydrogen) atoms. The minimum absolute atomic E-state index is 0.111. The normalized spacial score (nSPS) is 19.5. The van der Waals surface area contributed by atoms with Gasteiger partial charge in [0.2, 0.25) is 0 Å². The number of pyridine rings is 1. The van der Waals surface area contributed by atoms with Crippen LogP contribution in [0.2, 0.25) is 0 Å². The lowest BCUT2D eigenvalue weighted by atomic mass is 10.0. The highest BCUT2D eigenvalue weighted by Gasteiger charge is 2.35. The summed E-state index contributed by atoms with van der Waals surface area (Å²) >= 11 is 0. The maximum Gasteiger partial charge on any atom is 0.318 e. The van der Waals surface area contributed by atoms with Gasteiger partial charge < -0.3 is 20.1 Å². The molecule has 3 rings (SSSR count). The topological polar surface area (TPSA) is 74.7 Å². The Morgan fingerprint density at radius 2 is 2.19 bits per heavy atom. The number of carbonyl (C=O) groups excluding carboxylic acids is 1. The molecule has 0 radical (unpaired) electrons. The summed E-state index contributed by atoms with van der Waals surface area (Å²) < 4.78 is 31.9. The van der Waals surface area contributed by atoms with Gasteiger partial charge in [0.1, 0.15) is 5.75 Å². The van der Waals surface area contributed by atoms with Crippen molar-refractivity contribution in [3.63, 3.8) is 0 Å². The number of hydrogen-bond donors (Lipinski definition) is 2. The first-order valence-corrected chi connectivity index (χ1v) is 8.14. The molecule has 2 atom stereocenters. The second-order valence-electron chi connectivity index (χ2n) is 6.08. The predicted molar refractivity (Wildman–Crippen MR) is 89.5 cm³/mol. The number of likely N-dealkylation sites (tertiary alicyclic amines) is 1. The number of nitrogens with zero attached hydrogens (tertiary/aromatic N) is 2. The molecule has 1 aliphatic rings. The van der Waals surface area contributed by atoms with E-state index in [1.165, 1.54) is 18.1 Å². The number of halogens is 2. The SMILES string of the molecule is COc1ccncc1CNC(=O)N1CC(O)CC1c1ccc(F)c(F)c1. The number of urea groups is 1. The van der Waals surface area contributed by atoms with E-state index in [0.29, 0.717) is 16.9 Å². The molecule has 0 spiro atoms. The summed E-state index contributed by atoms with van der Waals surface area (Å²) in [6.07, 6.45) is 2.70. The van der Waals surface area contributed by atoms with E-state index in [2.05, 4.69) is 10.3 Å². The second kappa shape index (κ2) is 7.65. The summed E-state index contributed by atoms with van der Waals surface area (Å²) in [6.45, 7) is 0.298. The Morgan fingerprint density at radius 3 is 2.92 bits per heavy atom. The summed E-state index contributed by atoms with van der Waals surface area (Å²) in [7, 11) is 1.52. The van der Waals surface area contributed by atoms with Crippen molar-refractivity contribution in [2.45, 2.75) is 25.1 Å². The Bertz CT molecular complexity index is 803. The number of nitrogens with one attached hydrogen (secondary N) is 1. The lowest BCUT2D eigenvalue weighted by molar-refractivity contribution is 0.169. The summed E-state index contributed by atoms with van der Waals surface area (Å²) in [5.41, 5.74) is 1.14. The van der Waals surface area contributed by atoms with Crippen LogP contribution in [0.5, 0.6) is 5.75 Å². The van der Waals surface area contributed by atoms with Crippen molar-refractivity contribution in [1.82, 2.24) is 15.2 Å². The molecule has 1 saturated heterocycles. The minimum Gasteiger partial charge on any atom is -0.496 e. The van der Waals surface area contributed by atoms with Crippen LogP contribution in [0.1, 0.15) is 23.6 Å². The van der Waals surface area contributed by atoms with Crippen molar-refractivity contribution in [1.29, 1.82) is 0 Å². The summed E-state index contributed by atoms with van der Waals surface area (Å²) in [5, 5.41) is 12.7. The zero-order valence-electron chi connectivity index (χ0n) is 14.2. The first-order valence-electron chi connectivity index (χ1n) is 8.14. The van der Waals surface area contributed by atoms with Crippen molar-refractivity contribution < 1.29 is 23.4 Å². The molecule has 1 aromatic heterocycles. The quantitative estimate of drug-likeness (QED) is 0.875. The predicted octanol–water partition coefficient (Wildman–Crippen LogP) is 2.39. The fourth-order valence-corrected chi connectivity index (χ4v) is 3.09. The molecule has 0 bridgehead atoms. The Kier molecular flexibility index (Phi) is 5.32. The number of ether oxygens (including phenoxy) is 1. The van der Waals surface area contributed by atoms with Crippen molar-refractivity contribution in [3.05, 3.63) is 59.4 Å². The number of rotatable bonds is 4. The molecule has 2 amide bonds. The van der Waals surface area contributed by atoms with E-state index < -0.39 is 29.8 Å². The standard InChI is InChI=1S/C18H19F2N3O3/c1-26-17-4-5-21-8-12(17)9-22-18(25)23-10-13(24)7-16(23)11-2-3-14(19)15(20)6-11/h2-6,8,13,16,24H,7,9-10H2,1H3,(H,22,25).